The Morgan fingerprint density at radius 1 is 1.24 bits per heavy atom. The first-order valence-electron chi connectivity index (χ1n) is 7.00. The Morgan fingerprint density at radius 2 is 1.90 bits per heavy atom. The zero-order valence-corrected chi connectivity index (χ0v) is 12.0. The van der Waals surface area contributed by atoms with E-state index in [0.29, 0.717) is 24.2 Å². The summed E-state index contributed by atoms with van der Waals surface area (Å²) in [6.07, 6.45) is -0.222. The molecule has 0 spiro atoms. The normalized spacial score (nSPS) is 27.2. The van der Waals surface area contributed by atoms with Crippen LogP contribution in [0.25, 0.3) is 0 Å². The van der Waals surface area contributed by atoms with Crippen LogP contribution in [-0.4, -0.2) is 16.9 Å². The lowest BCUT2D eigenvalue weighted by Crippen LogP contribution is -2.28. The minimum Gasteiger partial charge on any atom is -0.433 e. The molecule has 0 unspecified atom stereocenters. The van der Waals surface area contributed by atoms with Gasteiger partial charge in [-0.2, -0.15) is 0 Å². The Hall–Kier alpha value is -2.17. The molecule has 0 saturated carbocycles. The van der Waals surface area contributed by atoms with Crippen molar-refractivity contribution in [1.82, 2.24) is 0 Å². The maximum absolute atomic E-state index is 12.5. The predicted molar refractivity (Wildman–Crippen MR) is 76.1 cm³/mol. The smallest absolute Gasteiger partial charge is 0.364 e. The molecule has 0 aromatic heterocycles. The number of Topliss-reactive ketones (excluding diaryl/α,β-unsaturated/α-hetero) is 1. The van der Waals surface area contributed by atoms with Gasteiger partial charge < -0.3 is 4.74 Å². The van der Waals surface area contributed by atoms with E-state index < -0.39 is 17.1 Å². The lowest BCUT2D eigenvalue weighted by molar-refractivity contribution is -0.570. The molecule has 2 aliphatic rings. The van der Waals surface area contributed by atoms with Gasteiger partial charge in [0.25, 0.3) is 0 Å². The van der Waals surface area contributed by atoms with Crippen LogP contribution in [0.5, 0.6) is 0 Å². The number of nitro groups is 1. The zero-order valence-electron chi connectivity index (χ0n) is 12.0. The Kier molecular flexibility index (Phi) is 3.08. The lowest BCUT2D eigenvalue weighted by Gasteiger charge is -2.28. The van der Waals surface area contributed by atoms with Gasteiger partial charge in [-0.15, -0.1) is 0 Å². The molecule has 1 heterocycles. The second kappa shape index (κ2) is 4.69. The predicted octanol–water partition coefficient (Wildman–Crippen LogP) is 3.05. The second-order valence-electron chi connectivity index (χ2n) is 6.46. The van der Waals surface area contributed by atoms with Crippen LogP contribution in [0.4, 0.5) is 0 Å². The molecule has 5 nitrogen and oxygen atoms in total. The molecule has 0 fully saturated rings. The molecule has 0 bridgehead atoms. The molecule has 1 aromatic rings. The second-order valence-corrected chi connectivity index (χ2v) is 6.46. The third kappa shape index (κ3) is 2.33. The van der Waals surface area contributed by atoms with Crippen LogP contribution in [0.1, 0.15) is 38.2 Å². The molecule has 1 aromatic carbocycles. The summed E-state index contributed by atoms with van der Waals surface area (Å²) < 4.78 is 5.56. The molecule has 1 aliphatic heterocycles. The zero-order chi connectivity index (χ0) is 15.2. The van der Waals surface area contributed by atoms with Gasteiger partial charge in [0, 0.05) is 12.8 Å². The van der Waals surface area contributed by atoms with Crippen LogP contribution in [0, 0.1) is 15.5 Å². The maximum atomic E-state index is 12.5. The van der Waals surface area contributed by atoms with Crippen LogP contribution >= 0.6 is 0 Å². The van der Waals surface area contributed by atoms with E-state index in [4.69, 9.17) is 4.74 Å². The van der Waals surface area contributed by atoms with E-state index in [-0.39, 0.29) is 11.2 Å². The van der Waals surface area contributed by atoms with Gasteiger partial charge in [-0.1, -0.05) is 44.2 Å². The average Bonchev–Trinajstić information content (AvgIpc) is 2.77. The molecule has 0 N–H and O–H groups in total. The topological polar surface area (TPSA) is 69.4 Å². The maximum Gasteiger partial charge on any atom is 0.364 e. The highest BCUT2D eigenvalue weighted by Crippen LogP contribution is 2.48. The van der Waals surface area contributed by atoms with Crippen molar-refractivity contribution >= 4 is 5.78 Å². The summed E-state index contributed by atoms with van der Waals surface area (Å²) in [5, 5.41) is 11.3. The number of rotatable bonds is 2. The molecular weight excluding hydrogens is 270 g/mol. The molecule has 2 atom stereocenters. The summed E-state index contributed by atoms with van der Waals surface area (Å²) in [6.45, 7) is 3.96. The lowest BCUT2D eigenvalue weighted by atomic mass is 9.73. The number of carbonyl (C=O) groups is 1. The van der Waals surface area contributed by atoms with Crippen LogP contribution < -0.4 is 0 Å². The first-order valence-corrected chi connectivity index (χ1v) is 7.00. The standard InChI is InChI=1S/C16H17NO4/c1-16(2)8-11(18)14-12(9-16)21-15(17(19)20)13(14)10-6-4-3-5-7-10/h3-7,13,15H,8-9H2,1-2H3/t13-,15+/m1/s1. The fourth-order valence-electron chi connectivity index (χ4n) is 3.24. The number of hydrogen-bond acceptors (Lipinski definition) is 4. The van der Waals surface area contributed by atoms with E-state index in [2.05, 4.69) is 0 Å². The highest BCUT2D eigenvalue weighted by molar-refractivity contribution is 5.99. The summed E-state index contributed by atoms with van der Waals surface area (Å²) in [7, 11) is 0. The number of ketones is 1. The molecular formula is C16H17NO4. The third-order valence-electron chi connectivity index (χ3n) is 4.10. The Bertz CT molecular complexity index is 633. The molecule has 3 rings (SSSR count). The Morgan fingerprint density at radius 3 is 2.52 bits per heavy atom. The monoisotopic (exact) mass is 287 g/mol. The Balaban J connectivity index is 2.08. The third-order valence-corrected chi connectivity index (χ3v) is 4.10. The minimum absolute atomic E-state index is 0.0283. The van der Waals surface area contributed by atoms with Gasteiger partial charge in [0.05, 0.1) is 10.5 Å². The fraction of sp³-hybridized carbons (Fsp3) is 0.438. The number of ether oxygens (including phenoxy) is 1. The van der Waals surface area contributed by atoms with Gasteiger partial charge in [0.1, 0.15) is 11.7 Å². The van der Waals surface area contributed by atoms with Gasteiger partial charge in [-0.25, -0.2) is 0 Å². The van der Waals surface area contributed by atoms with Crippen LogP contribution in [-0.2, 0) is 9.53 Å². The molecule has 0 saturated heterocycles. The van der Waals surface area contributed by atoms with Crippen molar-refractivity contribution in [2.45, 2.75) is 38.8 Å². The highest BCUT2D eigenvalue weighted by atomic mass is 16.7. The molecule has 110 valence electrons. The van der Waals surface area contributed by atoms with Crippen molar-refractivity contribution in [1.29, 1.82) is 0 Å². The van der Waals surface area contributed by atoms with Crippen molar-refractivity contribution in [3.05, 3.63) is 57.3 Å². The Labute approximate surface area is 122 Å². The molecule has 0 amide bonds. The van der Waals surface area contributed by atoms with Crippen molar-refractivity contribution in [3.8, 4) is 0 Å². The van der Waals surface area contributed by atoms with Crippen molar-refractivity contribution in [2.24, 2.45) is 5.41 Å². The SMILES string of the molecule is CC1(C)CC(=O)C2=C(C1)O[C@H]([N+](=O)[O-])[C@@H]2c1ccccc1. The number of hydrogen-bond donors (Lipinski definition) is 0. The number of benzene rings is 1. The van der Waals surface area contributed by atoms with Gasteiger partial charge in [-0.3, -0.25) is 14.9 Å². The van der Waals surface area contributed by atoms with Crippen LogP contribution in [0.3, 0.4) is 0 Å². The summed E-state index contributed by atoms with van der Waals surface area (Å²) in [5.74, 6) is -0.119. The fourth-order valence-corrected chi connectivity index (χ4v) is 3.24. The van der Waals surface area contributed by atoms with Crippen molar-refractivity contribution in [2.75, 3.05) is 0 Å². The van der Waals surface area contributed by atoms with Crippen LogP contribution in [0.15, 0.2) is 41.7 Å². The van der Waals surface area contributed by atoms with E-state index in [1.165, 1.54) is 0 Å². The minimum atomic E-state index is -1.20. The number of carbonyl (C=O) groups excluding carboxylic acids is 1. The van der Waals surface area contributed by atoms with E-state index >= 15 is 0 Å². The van der Waals surface area contributed by atoms with E-state index in [1.54, 1.807) is 0 Å². The molecule has 1 aliphatic carbocycles. The largest absolute Gasteiger partial charge is 0.433 e. The van der Waals surface area contributed by atoms with E-state index in [0.717, 1.165) is 5.56 Å². The summed E-state index contributed by atoms with van der Waals surface area (Å²) in [4.78, 5) is 23.4. The van der Waals surface area contributed by atoms with Gasteiger partial charge in [-0.05, 0) is 11.0 Å². The first kappa shape index (κ1) is 13.8. The summed E-state index contributed by atoms with van der Waals surface area (Å²) in [6, 6.07) is 9.12. The van der Waals surface area contributed by atoms with Crippen molar-refractivity contribution in [3.63, 3.8) is 0 Å². The first-order chi connectivity index (χ1) is 9.89. The van der Waals surface area contributed by atoms with E-state index in [9.17, 15) is 14.9 Å². The van der Waals surface area contributed by atoms with Crippen LogP contribution in [0.2, 0.25) is 0 Å². The van der Waals surface area contributed by atoms with E-state index in [1.807, 2.05) is 44.2 Å². The van der Waals surface area contributed by atoms with Gasteiger partial charge in [0.2, 0.25) is 0 Å². The molecule has 5 heteroatoms. The highest BCUT2D eigenvalue weighted by Gasteiger charge is 2.51. The quantitative estimate of drug-likeness (QED) is 0.619. The molecule has 21 heavy (non-hydrogen) atoms. The van der Waals surface area contributed by atoms with Gasteiger partial charge in [0.15, 0.2) is 5.78 Å². The number of nitrogens with zero attached hydrogens (tertiary/aromatic N) is 1. The summed E-state index contributed by atoms with van der Waals surface area (Å²) in [5.41, 5.74) is 1.06. The average molecular weight is 287 g/mol. The number of allylic oxidation sites excluding steroid dienone is 1. The molecule has 0 radical (unpaired) electrons. The summed E-state index contributed by atoms with van der Waals surface area (Å²) >= 11 is 0. The van der Waals surface area contributed by atoms with Crippen molar-refractivity contribution < 1.29 is 14.5 Å². The van der Waals surface area contributed by atoms with Gasteiger partial charge >= 0.3 is 6.23 Å².